The minimum absolute atomic E-state index is 0.0211. The molecular formula is C20H23N3O2. The number of benzene rings is 2. The molecule has 0 aliphatic carbocycles. The van der Waals surface area contributed by atoms with Crippen LogP contribution in [-0.2, 0) is 0 Å². The van der Waals surface area contributed by atoms with Gasteiger partial charge in [-0.1, -0.05) is 18.2 Å². The topological polar surface area (TPSA) is 61.4 Å². The van der Waals surface area contributed by atoms with Crippen molar-refractivity contribution in [3.8, 4) is 0 Å². The summed E-state index contributed by atoms with van der Waals surface area (Å²) in [4.78, 5) is 26.6. The van der Waals surface area contributed by atoms with Crippen molar-refractivity contribution < 1.29 is 9.59 Å². The molecule has 2 aromatic carbocycles. The van der Waals surface area contributed by atoms with Crippen LogP contribution in [0.25, 0.3) is 0 Å². The minimum atomic E-state index is -0.161. The van der Waals surface area contributed by atoms with Crippen LogP contribution < -0.4 is 10.6 Å². The zero-order valence-electron chi connectivity index (χ0n) is 14.4. The summed E-state index contributed by atoms with van der Waals surface area (Å²) in [7, 11) is 1.86. The third-order valence-electron chi connectivity index (χ3n) is 4.60. The first-order valence-electron chi connectivity index (χ1n) is 8.59. The highest BCUT2D eigenvalue weighted by molar-refractivity contribution is 6.04. The van der Waals surface area contributed by atoms with Crippen LogP contribution in [-0.4, -0.2) is 42.9 Å². The van der Waals surface area contributed by atoms with Crippen molar-refractivity contribution in [2.75, 3.05) is 25.5 Å². The Morgan fingerprint density at radius 3 is 2.24 bits per heavy atom. The SMILES string of the molecule is CN(C(=O)c1ccc(NC(=O)c2ccccc2)cc1)C1CCNCC1. The van der Waals surface area contributed by atoms with Crippen LogP contribution in [0.5, 0.6) is 0 Å². The molecule has 0 saturated carbocycles. The van der Waals surface area contributed by atoms with E-state index in [2.05, 4.69) is 10.6 Å². The molecule has 2 aromatic rings. The Hall–Kier alpha value is -2.66. The molecule has 25 heavy (non-hydrogen) atoms. The molecule has 0 aromatic heterocycles. The number of hydrogen-bond acceptors (Lipinski definition) is 3. The lowest BCUT2D eigenvalue weighted by Crippen LogP contribution is -2.43. The summed E-state index contributed by atoms with van der Waals surface area (Å²) in [6.45, 7) is 1.90. The van der Waals surface area contributed by atoms with Gasteiger partial charge in [-0.05, 0) is 62.3 Å². The highest BCUT2D eigenvalue weighted by Crippen LogP contribution is 2.16. The summed E-state index contributed by atoms with van der Waals surface area (Å²) in [6, 6.07) is 16.4. The number of carbonyl (C=O) groups is 2. The number of amides is 2. The van der Waals surface area contributed by atoms with E-state index in [-0.39, 0.29) is 17.9 Å². The molecule has 1 aliphatic heterocycles. The third-order valence-corrected chi connectivity index (χ3v) is 4.60. The number of carbonyl (C=O) groups excluding carboxylic acids is 2. The fourth-order valence-electron chi connectivity index (χ4n) is 3.05. The van der Waals surface area contributed by atoms with Gasteiger partial charge in [0.2, 0.25) is 0 Å². The summed E-state index contributed by atoms with van der Waals surface area (Å²) < 4.78 is 0. The molecular weight excluding hydrogens is 314 g/mol. The van der Waals surface area contributed by atoms with E-state index in [9.17, 15) is 9.59 Å². The van der Waals surface area contributed by atoms with Gasteiger partial charge in [-0.25, -0.2) is 0 Å². The zero-order chi connectivity index (χ0) is 17.6. The lowest BCUT2D eigenvalue weighted by atomic mass is 10.0. The Morgan fingerprint density at radius 2 is 1.60 bits per heavy atom. The Balaban J connectivity index is 1.63. The molecule has 5 nitrogen and oxygen atoms in total. The van der Waals surface area contributed by atoms with Gasteiger partial charge >= 0.3 is 0 Å². The quantitative estimate of drug-likeness (QED) is 0.902. The standard InChI is InChI=1S/C20H23N3O2/c1-23(18-11-13-21-14-12-18)20(25)16-7-9-17(10-8-16)22-19(24)15-5-3-2-4-6-15/h2-10,18,21H,11-14H2,1H3,(H,22,24). The first kappa shape index (κ1) is 17.2. The number of rotatable bonds is 4. The molecule has 1 aliphatic rings. The lowest BCUT2D eigenvalue weighted by molar-refractivity contribution is 0.0703. The smallest absolute Gasteiger partial charge is 0.255 e. The van der Waals surface area contributed by atoms with Crippen LogP contribution in [0.3, 0.4) is 0 Å². The van der Waals surface area contributed by atoms with Crippen LogP contribution in [0.1, 0.15) is 33.6 Å². The van der Waals surface area contributed by atoms with E-state index in [1.165, 1.54) is 0 Å². The van der Waals surface area contributed by atoms with E-state index in [1.807, 2.05) is 30.1 Å². The molecule has 0 atom stereocenters. The van der Waals surface area contributed by atoms with Gasteiger partial charge in [0.25, 0.3) is 11.8 Å². The molecule has 130 valence electrons. The number of nitrogens with zero attached hydrogens (tertiary/aromatic N) is 1. The number of hydrogen-bond donors (Lipinski definition) is 2. The summed E-state index contributed by atoms with van der Waals surface area (Å²) in [5.74, 6) is -0.140. The highest BCUT2D eigenvalue weighted by atomic mass is 16.2. The molecule has 0 spiro atoms. The molecule has 2 amide bonds. The number of nitrogens with one attached hydrogen (secondary N) is 2. The van der Waals surface area contributed by atoms with Gasteiger partial charge in [0, 0.05) is 29.9 Å². The monoisotopic (exact) mass is 337 g/mol. The minimum Gasteiger partial charge on any atom is -0.339 e. The Labute approximate surface area is 148 Å². The van der Waals surface area contributed by atoms with Crippen LogP contribution in [0, 0.1) is 0 Å². The summed E-state index contributed by atoms with van der Waals surface area (Å²) >= 11 is 0. The largest absolute Gasteiger partial charge is 0.339 e. The van der Waals surface area contributed by atoms with Crippen molar-refractivity contribution in [2.45, 2.75) is 18.9 Å². The summed E-state index contributed by atoms with van der Waals surface area (Å²) in [6.07, 6.45) is 1.96. The average molecular weight is 337 g/mol. The van der Waals surface area contributed by atoms with Gasteiger partial charge in [0.05, 0.1) is 0 Å². The van der Waals surface area contributed by atoms with E-state index in [4.69, 9.17) is 0 Å². The van der Waals surface area contributed by atoms with Crippen molar-refractivity contribution >= 4 is 17.5 Å². The van der Waals surface area contributed by atoms with Gasteiger partial charge in [0.15, 0.2) is 0 Å². The van der Waals surface area contributed by atoms with Gasteiger partial charge in [-0.3, -0.25) is 9.59 Å². The summed E-state index contributed by atoms with van der Waals surface area (Å²) in [5, 5.41) is 6.15. The van der Waals surface area contributed by atoms with E-state index in [0.717, 1.165) is 25.9 Å². The van der Waals surface area contributed by atoms with E-state index < -0.39 is 0 Å². The van der Waals surface area contributed by atoms with Crippen LogP contribution in [0.4, 0.5) is 5.69 Å². The van der Waals surface area contributed by atoms with Crippen molar-refractivity contribution in [1.29, 1.82) is 0 Å². The molecule has 0 bridgehead atoms. The molecule has 5 heteroatoms. The first-order valence-corrected chi connectivity index (χ1v) is 8.59. The fourth-order valence-corrected chi connectivity index (χ4v) is 3.05. The van der Waals surface area contributed by atoms with Gasteiger partial charge in [0.1, 0.15) is 0 Å². The zero-order valence-corrected chi connectivity index (χ0v) is 14.4. The van der Waals surface area contributed by atoms with Crippen LogP contribution >= 0.6 is 0 Å². The third kappa shape index (κ3) is 4.25. The fraction of sp³-hybridized carbons (Fsp3) is 0.300. The van der Waals surface area contributed by atoms with Gasteiger partial charge in [-0.15, -0.1) is 0 Å². The van der Waals surface area contributed by atoms with Crippen molar-refractivity contribution in [2.24, 2.45) is 0 Å². The second kappa shape index (κ2) is 7.94. The average Bonchev–Trinajstić information content (AvgIpc) is 2.69. The van der Waals surface area contributed by atoms with Gasteiger partial charge < -0.3 is 15.5 Å². The van der Waals surface area contributed by atoms with E-state index in [0.29, 0.717) is 16.8 Å². The number of piperidine rings is 1. The highest BCUT2D eigenvalue weighted by Gasteiger charge is 2.22. The normalized spacial score (nSPS) is 14.8. The molecule has 1 saturated heterocycles. The molecule has 2 N–H and O–H groups in total. The molecule has 3 rings (SSSR count). The second-order valence-corrected chi connectivity index (χ2v) is 6.29. The maximum Gasteiger partial charge on any atom is 0.255 e. The molecule has 0 unspecified atom stereocenters. The van der Waals surface area contributed by atoms with E-state index >= 15 is 0 Å². The van der Waals surface area contributed by atoms with Crippen molar-refractivity contribution in [1.82, 2.24) is 10.2 Å². The number of anilines is 1. The van der Waals surface area contributed by atoms with Crippen LogP contribution in [0.15, 0.2) is 54.6 Å². The maximum atomic E-state index is 12.6. The summed E-state index contributed by atoms with van der Waals surface area (Å²) in [5.41, 5.74) is 1.92. The second-order valence-electron chi connectivity index (χ2n) is 6.29. The van der Waals surface area contributed by atoms with Gasteiger partial charge in [-0.2, -0.15) is 0 Å². The van der Waals surface area contributed by atoms with E-state index in [1.54, 1.807) is 36.4 Å². The van der Waals surface area contributed by atoms with Crippen molar-refractivity contribution in [3.63, 3.8) is 0 Å². The predicted molar refractivity (Wildman–Crippen MR) is 98.8 cm³/mol. The maximum absolute atomic E-state index is 12.6. The van der Waals surface area contributed by atoms with Crippen LogP contribution in [0.2, 0.25) is 0 Å². The molecule has 1 heterocycles. The Kier molecular flexibility index (Phi) is 5.46. The van der Waals surface area contributed by atoms with Crippen molar-refractivity contribution in [3.05, 3.63) is 65.7 Å². The molecule has 0 radical (unpaired) electrons. The Morgan fingerprint density at radius 1 is 0.960 bits per heavy atom. The first-order chi connectivity index (χ1) is 12.1. The lowest BCUT2D eigenvalue weighted by Gasteiger charge is -2.31. The Bertz CT molecular complexity index is 722. The molecule has 1 fully saturated rings. The predicted octanol–water partition coefficient (Wildman–Crippen LogP) is 2.76.